The summed E-state index contributed by atoms with van der Waals surface area (Å²) in [5.74, 6) is 1.59. The first-order chi connectivity index (χ1) is 9.74. The maximum atomic E-state index is 6.17. The van der Waals surface area contributed by atoms with E-state index >= 15 is 0 Å². The molecule has 5 heteroatoms. The quantitative estimate of drug-likeness (QED) is 0.546. The Morgan fingerprint density at radius 1 is 1.25 bits per heavy atom. The second kappa shape index (κ2) is 7.72. The van der Waals surface area contributed by atoms with Crippen molar-refractivity contribution in [1.82, 2.24) is 0 Å². The number of alkyl halides is 1. The van der Waals surface area contributed by atoms with Gasteiger partial charge >= 0.3 is 0 Å². The van der Waals surface area contributed by atoms with Gasteiger partial charge in [-0.05, 0) is 19.1 Å². The molecule has 0 N–H and O–H groups in total. The van der Waals surface area contributed by atoms with Gasteiger partial charge in [0.1, 0.15) is 23.7 Å². The molecule has 3 atom stereocenters. The molecule has 4 nitrogen and oxygen atoms in total. The zero-order chi connectivity index (χ0) is 14.4. The Morgan fingerprint density at radius 2 is 2.05 bits per heavy atom. The predicted molar refractivity (Wildman–Crippen MR) is 77.9 cm³/mol. The summed E-state index contributed by atoms with van der Waals surface area (Å²) in [6.07, 6.45) is 0.701. The van der Waals surface area contributed by atoms with Crippen LogP contribution >= 0.6 is 11.6 Å². The lowest BCUT2D eigenvalue weighted by Gasteiger charge is -2.40. The van der Waals surface area contributed by atoms with Crippen LogP contribution in [0.4, 0.5) is 0 Å². The summed E-state index contributed by atoms with van der Waals surface area (Å²) in [7, 11) is 1.65. The van der Waals surface area contributed by atoms with Crippen molar-refractivity contribution in [2.45, 2.75) is 30.9 Å². The first kappa shape index (κ1) is 15.4. The molecular formula is C15H21ClO4. The van der Waals surface area contributed by atoms with Crippen molar-refractivity contribution in [1.29, 1.82) is 0 Å². The van der Waals surface area contributed by atoms with Crippen LogP contribution < -0.4 is 9.47 Å². The monoisotopic (exact) mass is 300 g/mol. The fraction of sp³-hybridized carbons (Fsp3) is 0.600. The fourth-order valence-electron chi connectivity index (χ4n) is 2.10. The number of rotatable bonds is 8. The molecule has 0 bridgehead atoms. The second-order valence-corrected chi connectivity index (χ2v) is 5.20. The Kier molecular flexibility index (Phi) is 5.95. The predicted octanol–water partition coefficient (Wildman–Crippen LogP) is 2.88. The number of benzene rings is 1. The highest BCUT2D eigenvalue weighted by molar-refractivity contribution is 6.21. The van der Waals surface area contributed by atoms with Gasteiger partial charge in [0.15, 0.2) is 0 Å². The molecule has 1 aromatic rings. The minimum absolute atomic E-state index is 0.00642. The Labute approximate surface area is 124 Å². The van der Waals surface area contributed by atoms with Crippen LogP contribution in [0.2, 0.25) is 0 Å². The van der Waals surface area contributed by atoms with Crippen molar-refractivity contribution < 1.29 is 18.9 Å². The summed E-state index contributed by atoms with van der Waals surface area (Å²) in [6.45, 7) is 3.69. The molecule has 0 saturated heterocycles. The maximum Gasteiger partial charge on any atom is 0.128 e. The third-order valence-electron chi connectivity index (χ3n) is 3.18. The molecule has 1 saturated carbocycles. The third kappa shape index (κ3) is 4.01. The van der Waals surface area contributed by atoms with Crippen LogP contribution in [0.25, 0.3) is 0 Å². The van der Waals surface area contributed by atoms with E-state index in [1.54, 1.807) is 7.11 Å². The molecule has 1 fully saturated rings. The molecule has 0 aromatic heterocycles. The molecule has 0 heterocycles. The van der Waals surface area contributed by atoms with Crippen LogP contribution in [-0.4, -0.2) is 44.5 Å². The van der Waals surface area contributed by atoms with E-state index in [1.165, 1.54) is 0 Å². The molecule has 1 aromatic carbocycles. The molecule has 2 rings (SSSR count). The second-order valence-electron chi connectivity index (χ2n) is 4.64. The summed E-state index contributed by atoms with van der Waals surface area (Å²) in [5.41, 5.74) is 0. The van der Waals surface area contributed by atoms with Crippen molar-refractivity contribution in [3.8, 4) is 11.5 Å². The molecule has 0 amide bonds. The summed E-state index contributed by atoms with van der Waals surface area (Å²) >= 11 is 6.17. The Hall–Kier alpha value is -0.970. The summed E-state index contributed by atoms with van der Waals surface area (Å²) in [6, 6.07) is 7.62. The summed E-state index contributed by atoms with van der Waals surface area (Å²) < 4.78 is 22.0. The molecule has 3 unspecified atom stereocenters. The minimum Gasteiger partial charge on any atom is -0.494 e. The third-order valence-corrected chi connectivity index (χ3v) is 3.61. The zero-order valence-electron chi connectivity index (χ0n) is 11.9. The van der Waals surface area contributed by atoms with E-state index in [4.69, 9.17) is 30.5 Å². The van der Waals surface area contributed by atoms with E-state index in [9.17, 15) is 0 Å². The van der Waals surface area contributed by atoms with Gasteiger partial charge in [-0.3, -0.25) is 0 Å². The molecule has 1 aliphatic carbocycles. The molecule has 112 valence electrons. The van der Waals surface area contributed by atoms with E-state index in [0.29, 0.717) is 19.8 Å². The van der Waals surface area contributed by atoms with Crippen molar-refractivity contribution in [2.24, 2.45) is 0 Å². The average Bonchev–Trinajstić information content (AvgIpc) is 2.44. The van der Waals surface area contributed by atoms with E-state index in [0.717, 1.165) is 17.9 Å². The Morgan fingerprint density at radius 3 is 2.75 bits per heavy atom. The van der Waals surface area contributed by atoms with Crippen LogP contribution in [0.3, 0.4) is 0 Å². The van der Waals surface area contributed by atoms with Crippen LogP contribution in [0, 0.1) is 0 Å². The largest absolute Gasteiger partial charge is 0.494 e. The number of halogens is 1. The van der Waals surface area contributed by atoms with Crippen LogP contribution in [0.15, 0.2) is 24.3 Å². The van der Waals surface area contributed by atoms with Gasteiger partial charge in [-0.1, -0.05) is 6.07 Å². The highest BCUT2D eigenvalue weighted by Crippen LogP contribution is 2.33. The highest BCUT2D eigenvalue weighted by atomic mass is 35.5. The molecule has 0 spiro atoms. The smallest absolute Gasteiger partial charge is 0.128 e. The number of methoxy groups -OCH3 is 1. The van der Waals surface area contributed by atoms with Gasteiger partial charge in [0.25, 0.3) is 0 Å². The topological polar surface area (TPSA) is 36.9 Å². The van der Waals surface area contributed by atoms with E-state index in [1.807, 2.05) is 31.2 Å². The molecule has 0 radical (unpaired) electrons. The van der Waals surface area contributed by atoms with E-state index in [2.05, 4.69) is 0 Å². The normalized spacial score (nSPS) is 25.1. The van der Waals surface area contributed by atoms with Gasteiger partial charge in [-0.15, -0.1) is 11.6 Å². The van der Waals surface area contributed by atoms with Crippen molar-refractivity contribution in [2.75, 3.05) is 26.9 Å². The Bertz CT molecular complexity index is 413. The van der Waals surface area contributed by atoms with Gasteiger partial charge in [-0.2, -0.15) is 0 Å². The number of hydrogen-bond acceptors (Lipinski definition) is 4. The average molecular weight is 301 g/mol. The van der Waals surface area contributed by atoms with Crippen LogP contribution in [-0.2, 0) is 9.47 Å². The molecule has 20 heavy (non-hydrogen) atoms. The fourth-order valence-corrected chi connectivity index (χ4v) is 2.51. The van der Waals surface area contributed by atoms with E-state index < -0.39 is 0 Å². The van der Waals surface area contributed by atoms with Gasteiger partial charge in [0.05, 0.1) is 25.2 Å². The lowest BCUT2D eigenvalue weighted by atomic mass is 9.91. The van der Waals surface area contributed by atoms with Crippen molar-refractivity contribution in [3.63, 3.8) is 0 Å². The molecule has 0 aliphatic heterocycles. The van der Waals surface area contributed by atoms with Gasteiger partial charge in [-0.25, -0.2) is 0 Å². The minimum atomic E-state index is -0.0810. The van der Waals surface area contributed by atoms with Crippen LogP contribution in [0.1, 0.15) is 13.3 Å². The van der Waals surface area contributed by atoms with Gasteiger partial charge < -0.3 is 18.9 Å². The highest BCUT2D eigenvalue weighted by Gasteiger charge is 2.42. The lowest BCUT2D eigenvalue weighted by molar-refractivity contribution is -0.0898. The zero-order valence-corrected chi connectivity index (χ0v) is 12.6. The maximum absolute atomic E-state index is 6.17. The lowest BCUT2D eigenvalue weighted by Crippen LogP contribution is -2.53. The SMILES string of the molecule is CCOc1cccc(OC2CC(Cl)C2OCCOC)c1. The van der Waals surface area contributed by atoms with Crippen LogP contribution in [0.5, 0.6) is 11.5 Å². The van der Waals surface area contributed by atoms with Crippen molar-refractivity contribution >= 4 is 11.6 Å². The number of hydrogen-bond donors (Lipinski definition) is 0. The van der Waals surface area contributed by atoms with Gasteiger partial charge in [0.2, 0.25) is 0 Å². The summed E-state index contributed by atoms with van der Waals surface area (Å²) in [4.78, 5) is 0. The van der Waals surface area contributed by atoms with Gasteiger partial charge in [0, 0.05) is 19.6 Å². The first-order valence-electron chi connectivity index (χ1n) is 6.88. The number of ether oxygens (including phenoxy) is 4. The standard InChI is InChI=1S/C15H21ClO4/c1-3-18-11-5-4-6-12(9-11)20-14-10-13(16)15(14)19-8-7-17-2/h4-6,9,13-15H,3,7-8,10H2,1-2H3. The molecular weight excluding hydrogens is 280 g/mol. The van der Waals surface area contributed by atoms with E-state index in [-0.39, 0.29) is 17.6 Å². The summed E-state index contributed by atoms with van der Waals surface area (Å²) in [5, 5.41) is 0.00642. The molecule has 1 aliphatic rings. The van der Waals surface area contributed by atoms with Crippen molar-refractivity contribution in [3.05, 3.63) is 24.3 Å². The Balaban J connectivity index is 1.87. The first-order valence-corrected chi connectivity index (χ1v) is 7.32.